The molecule has 2 aliphatic rings. The predicted molar refractivity (Wildman–Crippen MR) is 71.6 cm³/mol. The van der Waals surface area contributed by atoms with Crippen LogP contribution in [0, 0.1) is 0 Å². The van der Waals surface area contributed by atoms with E-state index < -0.39 is 0 Å². The molecule has 3 rings (SSSR count). The zero-order valence-corrected chi connectivity index (χ0v) is 11.5. The van der Waals surface area contributed by atoms with Crippen LogP contribution >= 0.6 is 11.6 Å². The molecule has 0 amide bonds. The van der Waals surface area contributed by atoms with Crippen molar-refractivity contribution in [2.75, 3.05) is 0 Å². The molecule has 1 aromatic carbocycles. The summed E-state index contributed by atoms with van der Waals surface area (Å²) >= 11 is 6.26. The second kappa shape index (κ2) is 4.84. The first-order valence-electron chi connectivity index (χ1n) is 6.80. The minimum atomic E-state index is -0.346. The molecule has 0 bridgehead atoms. The van der Waals surface area contributed by atoms with E-state index in [2.05, 4.69) is 6.92 Å². The summed E-state index contributed by atoms with van der Waals surface area (Å²) in [5.74, 6) is -0.346. The Morgan fingerprint density at radius 1 is 1.11 bits per heavy atom. The van der Waals surface area contributed by atoms with Crippen LogP contribution in [0.1, 0.15) is 50.7 Å². The SMILES string of the molecule is CC1OC2(CCCCC2)OC1c1ccccc1Cl. The monoisotopic (exact) mass is 266 g/mol. The Morgan fingerprint density at radius 3 is 2.56 bits per heavy atom. The van der Waals surface area contributed by atoms with Crippen LogP contribution in [-0.4, -0.2) is 11.9 Å². The molecule has 1 spiro atoms. The molecular weight excluding hydrogens is 248 g/mol. The van der Waals surface area contributed by atoms with Gasteiger partial charge in [-0.3, -0.25) is 0 Å². The molecule has 2 atom stereocenters. The minimum Gasteiger partial charge on any atom is -0.344 e. The lowest BCUT2D eigenvalue weighted by Gasteiger charge is -2.31. The predicted octanol–water partition coefficient (Wildman–Crippen LogP) is 4.48. The van der Waals surface area contributed by atoms with Gasteiger partial charge in [-0.1, -0.05) is 36.2 Å². The Morgan fingerprint density at radius 2 is 1.83 bits per heavy atom. The molecule has 2 fully saturated rings. The zero-order valence-electron chi connectivity index (χ0n) is 10.7. The summed E-state index contributed by atoms with van der Waals surface area (Å²) in [5, 5.41) is 0.769. The molecule has 98 valence electrons. The summed E-state index contributed by atoms with van der Waals surface area (Å²) in [6, 6.07) is 7.90. The van der Waals surface area contributed by atoms with Gasteiger partial charge in [0.05, 0.1) is 6.10 Å². The third kappa shape index (κ3) is 2.18. The first-order valence-corrected chi connectivity index (χ1v) is 7.18. The van der Waals surface area contributed by atoms with E-state index in [0.717, 1.165) is 23.4 Å². The van der Waals surface area contributed by atoms with Gasteiger partial charge in [0.2, 0.25) is 0 Å². The molecule has 1 saturated heterocycles. The van der Waals surface area contributed by atoms with Crippen molar-refractivity contribution in [2.45, 2.75) is 57.0 Å². The maximum atomic E-state index is 6.26. The number of ether oxygens (including phenoxy) is 2. The van der Waals surface area contributed by atoms with Crippen molar-refractivity contribution in [1.82, 2.24) is 0 Å². The van der Waals surface area contributed by atoms with Crippen molar-refractivity contribution in [3.63, 3.8) is 0 Å². The highest BCUT2D eigenvalue weighted by Gasteiger charge is 2.47. The van der Waals surface area contributed by atoms with Crippen LogP contribution in [0.15, 0.2) is 24.3 Å². The van der Waals surface area contributed by atoms with Gasteiger partial charge in [0, 0.05) is 23.4 Å². The Kier molecular flexibility index (Phi) is 3.35. The van der Waals surface area contributed by atoms with Crippen LogP contribution in [0.2, 0.25) is 5.02 Å². The third-order valence-electron chi connectivity index (χ3n) is 4.00. The minimum absolute atomic E-state index is 0.0307. The van der Waals surface area contributed by atoms with E-state index in [1.165, 1.54) is 19.3 Å². The van der Waals surface area contributed by atoms with Gasteiger partial charge >= 0.3 is 0 Å². The lowest BCUT2D eigenvalue weighted by atomic mass is 9.94. The van der Waals surface area contributed by atoms with Crippen molar-refractivity contribution >= 4 is 11.6 Å². The average Bonchev–Trinajstić information content (AvgIpc) is 2.67. The lowest BCUT2D eigenvalue weighted by Crippen LogP contribution is -2.33. The van der Waals surface area contributed by atoms with E-state index in [9.17, 15) is 0 Å². The second-order valence-corrected chi connectivity index (χ2v) is 5.76. The normalized spacial score (nSPS) is 30.8. The topological polar surface area (TPSA) is 18.5 Å². The second-order valence-electron chi connectivity index (χ2n) is 5.35. The van der Waals surface area contributed by atoms with Gasteiger partial charge in [-0.25, -0.2) is 0 Å². The van der Waals surface area contributed by atoms with Crippen molar-refractivity contribution in [1.29, 1.82) is 0 Å². The Labute approximate surface area is 113 Å². The highest BCUT2D eigenvalue weighted by Crippen LogP contribution is 2.46. The molecular formula is C15H19ClO2. The maximum Gasteiger partial charge on any atom is 0.169 e. The highest BCUT2D eigenvalue weighted by molar-refractivity contribution is 6.31. The fourth-order valence-electron chi connectivity index (χ4n) is 3.10. The van der Waals surface area contributed by atoms with Gasteiger partial charge in [-0.2, -0.15) is 0 Å². The molecule has 1 aliphatic heterocycles. The van der Waals surface area contributed by atoms with Crippen molar-refractivity contribution < 1.29 is 9.47 Å². The van der Waals surface area contributed by atoms with E-state index in [0.29, 0.717) is 0 Å². The number of halogens is 1. The Balaban J connectivity index is 1.84. The van der Waals surface area contributed by atoms with Gasteiger partial charge in [0.1, 0.15) is 6.10 Å². The summed E-state index contributed by atoms with van der Waals surface area (Å²) in [5.41, 5.74) is 1.05. The first kappa shape index (κ1) is 12.5. The zero-order chi connectivity index (χ0) is 12.6. The van der Waals surface area contributed by atoms with Crippen LogP contribution in [0.3, 0.4) is 0 Å². The van der Waals surface area contributed by atoms with Crippen LogP contribution in [0.25, 0.3) is 0 Å². The van der Waals surface area contributed by atoms with E-state index >= 15 is 0 Å². The Hall–Kier alpha value is -0.570. The molecule has 0 aromatic heterocycles. The van der Waals surface area contributed by atoms with Gasteiger partial charge < -0.3 is 9.47 Å². The summed E-state index contributed by atoms with van der Waals surface area (Å²) in [4.78, 5) is 0. The van der Waals surface area contributed by atoms with Crippen molar-refractivity contribution in [2.24, 2.45) is 0 Å². The van der Waals surface area contributed by atoms with Crippen molar-refractivity contribution in [3.05, 3.63) is 34.9 Å². The van der Waals surface area contributed by atoms with E-state index in [1.54, 1.807) is 0 Å². The highest BCUT2D eigenvalue weighted by atomic mass is 35.5. The molecule has 2 unspecified atom stereocenters. The van der Waals surface area contributed by atoms with E-state index in [-0.39, 0.29) is 18.0 Å². The van der Waals surface area contributed by atoms with Crippen LogP contribution in [0.4, 0.5) is 0 Å². The largest absolute Gasteiger partial charge is 0.344 e. The smallest absolute Gasteiger partial charge is 0.169 e. The molecule has 0 radical (unpaired) electrons. The number of rotatable bonds is 1. The molecule has 1 aliphatic carbocycles. The number of hydrogen-bond acceptors (Lipinski definition) is 2. The number of hydrogen-bond donors (Lipinski definition) is 0. The average molecular weight is 267 g/mol. The number of benzene rings is 1. The fourth-order valence-corrected chi connectivity index (χ4v) is 3.35. The van der Waals surface area contributed by atoms with E-state index in [4.69, 9.17) is 21.1 Å². The molecule has 2 nitrogen and oxygen atoms in total. The maximum absolute atomic E-state index is 6.26. The molecule has 1 saturated carbocycles. The molecule has 1 heterocycles. The molecule has 0 N–H and O–H groups in total. The lowest BCUT2D eigenvalue weighted by molar-refractivity contribution is -0.193. The molecule has 3 heteroatoms. The summed E-state index contributed by atoms with van der Waals surface area (Å²) < 4.78 is 12.4. The van der Waals surface area contributed by atoms with Gasteiger partial charge in [0.15, 0.2) is 5.79 Å². The quantitative estimate of drug-likeness (QED) is 0.746. The van der Waals surface area contributed by atoms with Crippen LogP contribution in [-0.2, 0) is 9.47 Å². The fraction of sp³-hybridized carbons (Fsp3) is 0.600. The summed E-state index contributed by atoms with van der Waals surface area (Å²) in [7, 11) is 0. The van der Waals surface area contributed by atoms with Gasteiger partial charge in [0.25, 0.3) is 0 Å². The van der Waals surface area contributed by atoms with E-state index in [1.807, 2.05) is 24.3 Å². The standard InChI is InChI=1S/C15H19ClO2/c1-11-14(12-7-3-4-8-13(12)16)18-15(17-11)9-5-2-6-10-15/h3-4,7-8,11,14H,2,5-6,9-10H2,1H3. The van der Waals surface area contributed by atoms with Gasteiger partial charge in [-0.15, -0.1) is 0 Å². The van der Waals surface area contributed by atoms with Crippen LogP contribution < -0.4 is 0 Å². The van der Waals surface area contributed by atoms with Crippen molar-refractivity contribution in [3.8, 4) is 0 Å². The summed E-state index contributed by atoms with van der Waals surface area (Å²) in [6.45, 7) is 2.08. The third-order valence-corrected chi connectivity index (χ3v) is 4.34. The molecule has 1 aromatic rings. The molecule has 18 heavy (non-hydrogen) atoms. The first-order chi connectivity index (χ1) is 8.70. The summed E-state index contributed by atoms with van der Waals surface area (Å²) in [6.07, 6.45) is 5.75. The Bertz CT molecular complexity index is 426. The van der Waals surface area contributed by atoms with Gasteiger partial charge in [-0.05, 0) is 25.8 Å². The van der Waals surface area contributed by atoms with Crippen LogP contribution in [0.5, 0.6) is 0 Å².